The van der Waals surface area contributed by atoms with Gasteiger partial charge in [-0.1, -0.05) is 19.1 Å². The first-order valence-corrected chi connectivity index (χ1v) is 8.74. The highest BCUT2D eigenvalue weighted by molar-refractivity contribution is 7.99. The second-order valence-electron chi connectivity index (χ2n) is 5.35. The van der Waals surface area contributed by atoms with E-state index in [9.17, 15) is 4.79 Å². The predicted molar refractivity (Wildman–Crippen MR) is 89.9 cm³/mol. The molecule has 1 aliphatic heterocycles. The molecule has 2 rings (SSSR count). The summed E-state index contributed by atoms with van der Waals surface area (Å²) < 4.78 is 0. The molecule has 0 bridgehead atoms. The Morgan fingerprint density at radius 3 is 3.00 bits per heavy atom. The minimum atomic E-state index is -0.0188. The van der Waals surface area contributed by atoms with Gasteiger partial charge in [-0.05, 0) is 43.6 Å². The zero-order chi connectivity index (χ0) is 15.1. The molecule has 1 aromatic rings. The zero-order valence-corrected chi connectivity index (χ0v) is 13.5. The molecule has 1 aromatic carbocycles. The lowest BCUT2D eigenvalue weighted by Gasteiger charge is -2.35. The number of carbonyl (C=O) groups is 1. The molecule has 21 heavy (non-hydrogen) atoms. The van der Waals surface area contributed by atoms with E-state index >= 15 is 0 Å². The Bertz CT molecular complexity index is 467. The number of benzene rings is 1. The molecular weight excluding hydrogens is 282 g/mol. The van der Waals surface area contributed by atoms with Crippen LogP contribution in [0.25, 0.3) is 0 Å². The van der Waals surface area contributed by atoms with Crippen LogP contribution in [0.4, 0.5) is 10.5 Å². The number of piperidine rings is 1. The SMILES string of the molecule is CCCSc1ccccc1NC(=O)N1CCCCC1CN. The van der Waals surface area contributed by atoms with Crippen molar-refractivity contribution < 1.29 is 4.79 Å². The maximum atomic E-state index is 12.5. The number of nitrogens with one attached hydrogen (secondary N) is 1. The van der Waals surface area contributed by atoms with Crippen molar-refractivity contribution in [2.75, 3.05) is 24.2 Å². The number of hydrogen-bond acceptors (Lipinski definition) is 3. The molecule has 0 spiro atoms. The molecule has 0 saturated carbocycles. The van der Waals surface area contributed by atoms with Gasteiger partial charge in [0.25, 0.3) is 0 Å². The number of likely N-dealkylation sites (tertiary alicyclic amines) is 1. The molecule has 5 heteroatoms. The van der Waals surface area contributed by atoms with Gasteiger partial charge in [0.15, 0.2) is 0 Å². The van der Waals surface area contributed by atoms with Crippen LogP contribution in [0.1, 0.15) is 32.6 Å². The van der Waals surface area contributed by atoms with E-state index < -0.39 is 0 Å². The maximum Gasteiger partial charge on any atom is 0.322 e. The van der Waals surface area contributed by atoms with Crippen LogP contribution in [-0.4, -0.2) is 35.8 Å². The maximum absolute atomic E-state index is 12.5. The first-order chi connectivity index (χ1) is 10.3. The molecule has 1 saturated heterocycles. The molecular formula is C16H25N3OS. The van der Waals surface area contributed by atoms with Crippen LogP contribution in [0.3, 0.4) is 0 Å². The second kappa shape index (κ2) is 8.29. The zero-order valence-electron chi connectivity index (χ0n) is 12.7. The van der Waals surface area contributed by atoms with Gasteiger partial charge in [0.2, 0.25) is 0 Å². The average molecular weight is 307 g/mol. The molecule has 0 aromatic heterocycles. The van der Waals surface area contributed by atoms with Crippen molar-refractivity contribution in [3.05, 3.63) is 24.3 Å². The van der Waals surface area contributed by atoms with E-state index in [0.29, 0.717) is 6.54 Å². The lowest BCUT2D eigenvalue weighted by atomic mass is 10.0. The Labute approximate surface area is 131 Å². The number of nitrogens with zero attached hydrogens (tertiary/aromatic N) is 1. The Hall–Kier alpha value is -1.20. The molecule has 1 fully saturated rings. The topological polar surface area (TPSA) is 58.4 Å². The molecule has 1 aliphatic rings. The summed E-state index contributed by atoms with van der Waals surface area (Å²) in [5, 5.41) is 3.06. The number of amides is 2. The molecule has 2 amide bonds. The number of nitrogens with two attached hydrogens (primary N) is 1. The first-order valence-electron chi connectivity index (χ1n) is 7.75. The highest BCUT2D eigenvalue weighted by Gasteiger charge is 2.25. The summed E-state index contributed by atoms with van der Waals surface area (Å²) in [7, 11) is 0. The number of anilines is 1. The third kappa shape index (κ3) is 4.38. The van der Waals surface area contributed by atoms with Crippen molar-refractivity contribution in [2.24, 2.45) is 5.73 Å². The quantitative estimate of drug-likeness (QED) is 0.818. The summed E-state index contributed by atoms with van der Waals surface area (Å²) in [5.41, 5.74) is 6.70. The van der Waals surface area contributed by atoms with Crippen molar-refractivity contribution in [3.8, 4) is 0 Å². The third-order valence-electron chi connectivity index (χ3n) is 3.75. The van der Waals surface area contributed by atoms with Crippen LogP contribution in [0, 0.1) is 0 Å². The second-order valence-corrected chi connectivity index (χ2v) is 6.49. The molecule has 1 atom stereocenters. The Balaban J connectivity index is 2.04. The van der Waals surface area contributed by atoms with E-state index in [1.165, 1.54) is 0 Å². The molecule has 0 aliphatic carbocycles. The number of urea groups is 1. The minimum Gasteiger partial charge on any atom is -0.328 e. The van der Waals surface area contributed by atoms with E-state index in [1.807, 2.05) is 23.1 Å². The third-order valence-corrected chi connectivity index (χ3v) is 5.03. The molecule has 1 unspecified atom stereocenters. The van der Waals surface area contributed by atoms with Crippen LogP contribution in [-0.2, 0) is 0 Å². The Morgan fingerprint density at radius 2 is 2.24 bits per heavy atom. The van der Waals surface area contributed by atoms with Gasteiger partial charge in [0.1, 0.15) is 0 Å². The number of thioether (sulfide) groups is 1. The van der Waals surface area contributed by atoms with E-state index in [0.717, 1.165) is 48.6 Å². The van der Waals surface area contributed by atoms with Crippen LogP contribution >= 0.6 is 11.8 Å². The number of para-hydroxylation sites is 1. The lowest BCUT2D eigenvalue weighted by molar-refractivity contribution is 0.166. The van der Waals surface area contributed by atoms with Gasteiger partial charge in [-0.2, -0.15) is 0 Å². The molecule has 0 radical (unpaired) electrons. The lowest BCUT2D eigenvalue weighted by Crippen LogP contribution is -2.49. The highest BCUT2D eigenvalue weighted by Crippen LogP contribution is 2.28. The van der Waals surface area contributed by atoms with Crippen LogP contribution in [0.2, 0.25) is 0 Å². The summed E-state index contributed by atoms with van der Waals surface area (Å²) in [6.07, 6.45) is 4.36. The molecule has 4 nitrogen and oxygen atoms in total. The molecule has 3 N–H and O–H groups in total. The van der Waals surface area contributed by atoms with Gasteiger partial charge in [-0.25, -0.2) is 4.79 Å². The summed E-state index contributed by atoms with van der Waals surface area (Å²) in [4.78, 5) is 15.5. The fraction of sp³-hybridized carbons (Fsp3) is 0.562. The minimum absolute atomic E-state index is 0.0188. The highest BCUT2D eigenvalue weighted by atomic mass is 32.2. The first kappa shape index (κ1) is 16.2. The molecule has 1 heterocycles. The van der Waals surface area contributed by atoms with E-state index in [-0.39, 0.29) is 12.1 Å². The van der Waals surface area contributed by atoms with Gasteiger partial charge >= 0.3 is 6.03 Å². The van der Waals surface area contributed by atoms with E-state index in [4.69, 9.17) is 5.73 Å². The van der Waals surface area contributed by atoms with Crippen LogP contribution in [0.15, 0.2) is 29.2 Å². The van der Waals surface area contributed by atoms with Gasteiger partial charge < -0.3 is 16.0 Å². The summed E-state index contributed by atoms with van der Waals surface area (Å²) in [6, 6.07) is 8.16. The summed E-state index contributed by atoms with van der Waals surface area (Å²) in [5.74, 6) is 1.06. The Morgan fingerprint density at radius 1 is 1.43 bits per heavy atom. The standard InChI is InChI=1S/C16H25N3OS/c1-2-11-21-15-9-4-3-8-14(15)18-16(20)19-10-6-5-7-13(19)12-17/h3-4,8-9,13H,2,5-7,10-12,17H2,1H3,(H,18,20). The smallest absolute Gasteiger partial charge is 0.322 e. The summed E-state index contributed by atoms with van der Waals surface area (Å²) >= 11 is 1.78. The van der Waals surface area contributed by atoms with Crippen LogP contribution < -0.4 is 11.1 Å². The van der Waals surface area contributed by atoms with Crippen molar-refractivity contribution in [3.63, 3.8) is 0 Å². The van der Waals surface area contributed by atoms with Gasteiger partial charge in [0, 0.05) is 24.0 Å². The van der Waals surface area contributed by atoms with E-state index in [1.54, 1.807) is 11.8 Å². The molecule has 116 valence electrons. The summed E-state index contributed by atoms with van der Waals surface area (Å²) in [6.45, 7) is 3.51. The normalized spacial score (nSPS) is 18.6. The van der Waals surface area contributed by atoms with Crippen molar-refractivity contribution >= 4 is 23.5 Å². The van der Waals surface area contributed by atoms with Gasteiger partial charge in [-0.15, -0.1) is 11.8 Å². The number of hydrogen-bond donors (Lipinski definition) is 2. The monoisotopic (exact) mass is 307 g/mol. The largest absolute Gasteiger partial charge is 0.328 e. The fourth-order valence-corrected chi connectivity index (χ4v) is 3.48. The van der Waals surface area contributed by atoms with E-state index in [2.05, 4.69) is 18.3 Å². The number of carbonyl (C=O) groups excluding carboxylic acids is 1. The fourth-order valence-electron chi connectivity index (χ4n) is 2.61. The van der Waals surface area contributed by atoms with Crippen LogP contribution in [0.5, 0.6) is 0 Å². The van der Waals surface area contributed by atoms with Crippen molar-refractivity contribution in [2.45, 2.75) is 43.5 Å². The van der Waals surface area contributed by atoms with Gasteiger partial charge in [0.05, 0.1) is 5.69 Å². The van der Waals surface area contributed by atoms with Crippen molar-refractivity contribution in [1.82, 2.24) is 4.90 Å². The average Bonchev–Trinajstić information content (AvgIpc) is 2.54. The van der Waals surface area contributed by atoms with Crippen molar-refractivity contribution in [1.29, 1.82) is 0 Å². The van der Waals surface area contributed by atoms with Gasteiger partial charge in [-0.3, -0.25) is 0 Å². The predicted octanol–water partition coefficient (Wildman–Crippen LogP) is 3.53. The Kier molecular flexibility index (Phi) is 6.39. The number of rotatable bonds is 5.